The van der Waals surface area contributed by atoms with E-state index in [1.54, 1.807) is 11.9 Å². The third-order valence-corrected chi connectivity index (χ3v) is 3.24. The molecule has 6 heteroatoms. The van der Waals surface area contributed by atoms with Crippen molar-refractivity contribution in [3.8, 4) is 0 Å². The Labute approximate surface area is 101 Å². The molecule has 0 spiro atoms. The monoisotopic (exact) mass is 240 g/mol. The number of urea groups is 1. The van der Waals surface area contributed by atoms with Crippen molar-refractivity contribution in [3.63, 3.8) is 0 Å². The van der Waals surface area contributed by atoms with Crippen molar-refractivity contribution in [2.45, 2.75) is 18.9 Å². The number of nitrogens with one attached hydrogen (secondary N) is 2. The van der Waals surface area contributed by atoms with Gasteiger partial charge in [-0.25, -0.2) is 4.79 Å². The highest BCUT2D eigenvalue weighted by Gasteiger charge is 2.34. The summed E-state index contributed by atoms with van der Waals surface area (Å²) >= 11 is 0. The van der Waals surface area contributed by atoms with Gasteiger partial charge in [0, 0.05) is 39.3 Å². The Kier molecular flexibility index (Phi) is 3.83. The van der Waals surface area contributed by atoms with E-state index in [1.165, 1.54) is 0 Å². The van der Waals surface area contributed by atoms with Crippen molar-refractivity contribution in [3.05, 3.63) is 0 Å². The van der Waals surface area contributed by atoms with Gasteiger partial charge in [-0.05, 0) is 12.8 Å². The normalized spacial score (nSPS) is 19.9. The maximum absolute atomic E-state index is 12.0. The van der Waals surface area contributed by atoms with E-state index in [0.29, 0.717) is 0 Å². The van der Waals surface area contributed by atoms with Crippen LogP contribution in [0, 0.1) is 0 Å². The van der Waals surface area contributed by atoms with E-state index in [0.717, 1.165) is 39.0 Å². The number of piperazine rings is 1. The van der Waals surface area contributed by atoms with Gasteiger partial charge >= 0.3 is 6.03 Å². The largest absolute Gasteiger partial charge is 0.341 e. The summed E-state index contributed by atoms with van der Waals surface area (Å²) in [7, 11) is 1.60. The van der Waals surface area contributed by atoms with E-state index in [1.807, 2.05) is 4.90 Å². The molecule has 0 aromatic carbocycles. The highest BCUT2D eigenvalue weighted by Crippen LogP contribution is 2.26. The number of carbonyl (C=O) groups excluding carboxylic acids is 2. The average Bonchev–Trinajstić information content (AvgIpc) is 3.20. The summed E-state index contributed by atoms with van der Waals surface area (Å²) < 4.78 is 0. The topological polar surface area (TPSA) is 64.7 Å². The summed E-state index contributed by atoms with van der Waals surface area (Å²) in [5.74, 6) is 0.0574. The van der Waals surface area contributed by atoms with Crippen LogP contribution < -0.4 is 10.6 Å². The Balaban J connectivity index is 1.88. The number of hydrogen-bond donors (Lipinski definition) is 2. The predicted molar refractivity (Wildman–Crippen MR) is 63.6 cm³/mol. The van der Waals surface area contributed by atoms with E-state index < -0.39 is 0 Å². The molecule has 17 heavy (non-hydrogen) atoms. The van der Waals surface area contributed by atoms with Crippen molar-refractivity contribution >= 4 is 11.9 Å². The van der Waals surface area contributed by atoms with Gasteiger partial charge in [-0.15, -0.1) is 0 Å². The van der Waals surface area contributed by atoms with E-state index in [9.17, 15) is 9.59 Å². The predicted octanol–water partition coefficient (Wildman–Crippen LogP) is -0.778. The standard InChI is InChI=1S/C11H20N4O2/c1-12-11(17)15(9-2-3-9)8-10(16)14-6-4-13-5-7-14/h9,13H,2-8H2,1H3,(H,12,17). The van der Waals surface area contributed by atoms with Crippen LogP contribution in [0.15, 0.2) is 0 Å². The van der Waals surface area contributed by atoms with E-state index >= 15 is 0 Å². The SMILES string of the molecule is CNC(=O)N(CC(=O)N1CCNCC1)C1CC1. The first-order chi connectivity index (χ1) is 8.22. The van der Waals surface area contributed by atoms with E-state index in [2.05, 4.69) is 10.6 Å². The van der Waals surface area contributed by atoms with Crippen LogP contribution in [0.5, 0.6) is 0 Å². The molecule has 1 aliphatic heterocycles. The maximum atomic E-state index is 12.0. The molecule has 0 aromatic heterocycles. The number of rotatable bonds is 3. The van der Waals surface area contributed by atoms with Gasteiger partial charge in [0.2, 0.25) is 5.91 Å². The Hall–Kier alpha value is -1.30. The molecule has 6 nitrogen and oxygen atoms in total. The maximum Gasteiger partial charge on any atom is 0.317 e. The molecule has 0 unspecified atom stereocenters. The summed E-state index contributed by atoms with van der Waals surface area (Å²) in [6.07, 6.45) is 2.03. The molecular weight excluding hydrogens is 220 g/mol. The van der Waals surface area contributed by atoms with Crippen LogP contribution in [0.2, 0.25) is 0 Å². The van der Waals surface area contributed by atoms with Gasteiger partial charge in [0.05, 0.1) is 0 Å². The number of nitrogens with zero attached hydrogens (tertiary/aromatic N) is 2. The lowest BCUT2D eigenvalue weighted by Crippen LogP contribution is -2.51. The van der Waals surface area contributed by atoms with Crippen molar-refractivity contribution in [1.29, 1.82) is 0 Å². The molecule has 96 valence electrons. The Morgan fingerprint density at radius 2 is 2.00 bits per heavy atom. The van der Waals surface area contributed by atoms with E-state index in [4.69, 9.17) is 0 Å². The third kappa shape index (κ3) is 3.09. The molecule has 2 N–H and O–H groups in total. The lowest BCUT2D eigenvalue weighted by Gasteiger charge is -2.30. The fourth-order valence-electron chi connectivity index (χ4n) is 2.06. The second kappa shape index (κ2) is 5.35. The zero-order valence-corrected chi connectivity index (χ0v) is 10.2. The second-order valence-corrected chi connectivity index (χ2v) is 4.55. The first-order valence-electron chi connectivity index (χ1n) is 6.19. The summed E-state index contributed by atoms with van der Waals surface area (Å²) in [6, 6.07) is 0.123. The van der Waals surface area contributed by atoms with Crippen molar-refractivity contribution < 1.29 is 9.59 Å². The van der Waals surface area contributed by atoms with Crippen molar-refractivity contribution in [2.75, 3.05) is 39.8 Å². The van der Waals surface area contributed by atoms with Crippen molar-refractivity contribution in [1.82, 2.24) is 20.4 Å². The molecular formula is C11H20N4O2. The lowest BCUT2D eigenvalue weighted by molar-refractivity contribution is -0.132. The zero-order valence-electron chi connectivity index (χ0n) is 10.2. The van der Waals surface area contributed by atoms with Crippen LogP contribution in [-0.2, 0) is 4.79 Å². The molecule has 2 fully saturated rings. The molecule has 0 atom stereocenters. The fourth-order valence-corrected chi connectivity index (χ4v) is 2.06. The lowest BCUT2D eigenvalue weighted by atomic mass is 10.3. The van der Waals surface area contributed by atoms with Gasteiger partial charge in [0.1, 0.15) is 6.54 Å². The van der Waals surface area contributed by atoms with Crippen molar-refractivity contribution in [2.24, 2.45) is 0 Å². The molecule has 1 heterocycles. The Bertz CT molecular complexity index is 298. The van der Waals surface area contributed by atoms with Crippen LogP contribution >= 0.6 is 0 Å². The van der Waals surface area contributed by atoms with Gasteiger partial charge < -0.3 is 20.4 Å². The molecule has 1 saturated heterocycles. The summed E-state index contributed by atoms with van der Waals surface area (Å²) in [6.45, 7) is 3.38. The molecule has 1 aliphatic carbocycles. The van der Waals surface area contributed by atoms with Gasteiger partial charge in [0.15, 0.2) is 0 Å². The quantitative estimate of drug-likeness (QED) is 0.680. The molecule has 3 amide bonds. The van der Waals surface area contributed by atoms with E-state index in [-0.39, 0.29) is 24.5 Å². The number of carbonyl (C=O) groups is 2. The van der Waals surface area contributed by atoms with Gasteiger partial charge in [0.25, 0.3) is 0 Å². The minimum absolute atomic E-state index is 0.0574. The van der Waals surface area contributed by atoms with Crippen LogP contribution in [0.4, 0.5) is 4.79 Å². The highest BCUT2D eigenvalue weighted by molar-refractivity contribution is 5.84. The zero-order chi connectivity index (χ0) is 12.3. The smallest absolute Gasteiger partial charge is 0.317 e. The first kappa shape index (κ1) is 12.2. The van der Waals surface area contributed by atoms with Gasteiger partial charge in [-0.3, -0.25) is 4.79 Å². The van der Waals surface area contributed by atoms with Gasteiger partial charge in [-0.1, -0.05) is 0 Å². The average molecular weight is 240 g/mol. The summed E-state index contributed by atoms with van der Waals surface area (Å²) in [5.41, 5.74) is 0. The molecule has 0 aromatic rings. The number of amides is 3. The first-order valence-corrected chi connectivity index (χ1v) is 6.19. The minimum Gasteiger partial charge on any atom is -0.341 e. The minimum atomic E-state index is -0.143. The highest BCUT2D eigenvalue weighted by atomic mass is 16.2. The van der Waals surface area contributed by atoms with Crippen LogP contribution in [0.3, 0.4) is 0 Å². The molecule has 2 aliphatic rings. The summed E-state index contributed by atoms with van der Waals surface area (Å²) in [5, 5.41) is 5.80. The summed E-state index contributed by atoms with van der Waals surface area (Å²) in [4.78, 5) is 27.2. The Morgan fingerprint density at radius 3 is 2.53 bits per heavy atom. The van der Waals surface area contributed by atoms with Crippen LogP contribution in [0.25, 0.3) is 0 Å². The molecule has 0 bridgehead atoms. The van der Waals surface area contributed by atoms with Gasteiger partial charge in [-0.2, -0.15) is 0 Å². The second-order valence-electron chi connectivity index (χ2n) is 4.55. The number of hydrogen-bond acceptors (Lipinski definition) is 3. The Morgan fingerprint density at radius 1 is 1.35 bits per heavy atom. The fraction of sp³-hybridized carbons (Fsp3) is 0.818. The molecule has 1 saturated carbocycles. The van der Waals surface area contributed by atoms with Crippen LogP contribution in [0.1, 0.15) is 12.8 Å². The van der Waals surface area contributed by atoms with Crippen LogP contribution in [-0.4, -0.2) is 67.6 Å². The molecule has 2 rings (SSSR count). The third-order valence-electron chi connectivity index (χ3n) is 3.24. The molecule has 0 radical (unpaired) electrons.